The lowest BCUT2D eigenvalue weighted by molar-refractivity contribution is 0.414. The number of fused-ring (bicyclic) bond motifs is 5. The van der Waals surface area contributed by atoms with Gasteiger partial charge in [-0.25, -0.2) is 0 Å². The highest BCUT2D eigenvalue weighted by atomic mass is 32.2. The number of benzene rings is 5. The van der Waals surface area contributed by atoms with E-state index in [1.54, 1.807) is 14.2 Å². The maximum absolute atomic E-state index is 5.53. The molecule has 0 aromatic heterocycles. The van der Waals surface area contributed by atoms with Gasteiger partial charge in [-0.05, 0) is 131 Å². The van der Waals surface area contributed by atoms with Gasteiger partial charge in [0.1, 0.15) is 11.5 Å². The van der Waals surface area contributed by atoms with Crippen LogP contribution in [-0.4, -0.2) is 26.7 Å². The van der Waals surface area contributed by atoms with Crippen LogP contribution in [0.1, 0.15) is 67.0 Å². The van der Waals surface area contributed by atoms with E-state index in [9.17, 15) is 0 Å². The molecule has 0 heterocycles. The summed E-state index contributed by atoms with van der Waals surface area (Å²) in [6.07, 6.45) is 11.3. The van der Waals surface area contributed by atoms with E-state index >= 15 is 0 Å². The molecule has 1 aliphatic carbocycles. The first-order valence-corrected chi connectivity index (χ1v) is 18.6. The summed E-state index contributed by atoms with van der Waals surface area (Å²) in [7, 11) is 3.44. The zero-order chi connectivity index (χ0) is 32.6. The number of thioether (sulfide) groups is 2. The van der Waals surface area contributed by atoms with Crippen LogP contribution in [0, 0.1) is 6.92 Å². The first-order valence-electron chi connectivity index (χ1n) is 16.1. The molecule has 5 aromatic rings. The van der Waals surface area contributed by atoms with Crippen LogP contribution >= 0.6 is 23.5 Å². The van der Waals surface area contributed by atoms with Crippen molar-refractivity contribution in [1.82, 2.24) is 0 Å². The van der Waals surface area contributed by atoms with Crippen LogP contribution in [0.3, 0.4) is 0 Å². The van der Waals surface area contributed by atoms with Crippen molar-refractivity contribution in [2.45, 2.75) is 61.2 Å². The third-order valence-corrected chi connectivity index (χ3v) is 12.2. The van der Waals surface area contributed by atoms with E-state index in [-0.39, 0.29) is 5.41 Å². The highest BCUT2D eigenvalue weighted by Gasteiger charge is 2.43. The minimum absolute atomic E-state index is 0.0567. The average molecular weight is 645 g/mol. The SMILES string of the molecule is CCC1(CC)c2ccccc2-c2c1c(/C=C\C(C)(c1ccc(OC)cc1)c1ccc(OC)cc1)c(C)c1cc(SC)c(SC)cc21. The number of ether oxygens (including phenoxy) is 2. The molecule has 46 heavy (non-hydrogen) atoms. The molecule has 0 bridgehead atoms. The summed E-state index contributed by atoms with van der Waals surface area (Å²) in [4.78, 5) is 2.68. The fraction of sp³-hybridized carbons (Fsp3) is 0.286. The smallest absolute Gasteiger partial charge is 0.118 e. The Morgan fingerprint density at radius 3 is 1.76 bits per heavy atom. The number of hydrogen-bond acceptors (Lipinski definition) is 4. The number of methoxy groups -OCH3 is 2. The summed E-state index contributed by atoms with van der Waals surface area (Å²) in [5, 5.41) is 2.71. The van der Waals surface area contributed by atoms with Crippen molar-refractivity contribution in [2.75, 3.05) is 26.7 Å². The van der Waals surface area contributed by atoms with Crippen LogP contribution in [0.4, 0.5) is 0 Å². The van der Waals surface area contributed by atoms with Gasteiger partial charge in [0.25, 0.3) is 0 Å². The van der Waals surface area contributed by atoms with Gasteiger partial charge in [-0.15, -0.1) is 23.5 Å². The van der Waals surface area contributed by atoms with Crippen molar-refractivity contribution in [2.24, 2.45) is 0 Å². The molecule has 0 atom stereocenters. The average Bonchev–Trinajstić information content (AvgIpc) is 3.41. The molecule has 5 aromatic carbocycles. The Bertz CT molecular complexity index is 1870. The topological polar surface area (TPSA) is 18.5 Å². The Kier molecular flexibility index (Phi) is 9.06. The van der Waals surface area contributed by atoms with E-state index in [4.69, 9.17) is 9.47 Å². The zero-order valence-corrected chi connectivity index (χ0v) is 29.9. The van der Waals surface area contributed by atoms with Gasteiger partial charge in [0.15, 0.2) is 0 Å². The number of allylic oxidation sites excluding steroid dienone is 1. The first-order chi connectivity index (χ1) is 22.3. The zero-order valence-electron chi connectivity index (χ0n) is 28.3. The quantitative estimate of drug-likeness (QED) is 0.141. The van der Waals surface area contributed by atoms with Crippen molar-refractivity contribution in [3.8, 4) is 22.6 Å². The minimum atomic E-state index is -0.396. The predicted octanol–water partition coefficient (Wildman–Crippen LogP) is 11.7. The number of rotatable bonds is 10. The molecule has 1 aliphatic rings. The lowest BCUT2D eigenvalue weighted by Crippen LogP contribution is -2.25. The summed E-state index contributed by atoms with van der Waals surface area (Å²) in [6.45, 7) is 9.39. The third kappa shape index (κ3) is 5.05. The summed E-state index contributed by atoms with van der Waals surface area (Å²) in [5.41, 5.74) is 10.4. The molecular weight excluding hydrogens is 601 g/mol. The van der Waals surface area contributed by atoms with Crippen LogP contribution in [0.5, 0.6) is 11.5 Å². The highest BCUT2D eigenvalue weighted by molar-refractivity contribution is 8.01. The lowest BCUT2D eigenvalue weighted by Gasteiger charge is -2.33. The molecule has 0 radical (unpaired) electrons. The minimum Gasteiger partial charge on any atom is -0.497 e. The molecule has 0 unspecified atom stereocenters. The molecule has 6 rings (SSSR count). The molecule has 0 amide bonds. The molecule has 0 saturated heterocycles. The Morgan fingerprint density at radius 2 is 1.26 bits per heavy atom. The van der Waals surface area contributed by atoms with Gasteiger partial charge in [0.2, 0.25) is 0 Å². The number of hydrogen-bond donors (Lipinski definition) is 0. The maximum atomic E-state index is 5.53. The largest absolute Gasteiger partial charge is 0.497 e. The molecule has 0 spiro atoms. The Hall–Kier alpha value is -3.60. The molecule has 0 saturated carbocycles. The van der Waals surface area contributed by atoms with Gasteiger partial charge < -0.3 is 9.47 Å². The first kappa shape index (κ1) is 32.3. The molecule has 2 nitrogen and oxygen atoms in total. The van der Waals surface area contributed by atoms with E-state index in [0.29, 0.717) is 0 Å². The fourth-order valence-corrected chi connectivity index (χ4v) is 9.20. The second-order valence-corrected chi connectivity index (χ2v) is 14.1. The van der Waals surface area contributed by atoms with Gasteiger partial charge in [-0.3, -0.25) is 0 Å². The second-order valence-electron chi connectivity index (χ2n) is 12.4. The molecule has 4 heteroatoms. The van der Waals surface area contributed by atoms with E-state index in [1.807, 2.05) is 23.5 Å². The monoisotopic (exact) mass is 644 g/mol. The van der Waals surface area contributed by atoms with Gasteiger partial charge in [0, 0.05) is 20.6 Å². The number of aryl methyl sites for hydroxylation is 1. The molecule has 0 N–H and O–H groups in total. The van der Waals surface area contributed by atoms with Crippen molar-refractivity contribution in [3.05, 3.63) is 124 Å². The standard InChI is InChI=1S/C42H44O2S2/c1-9-42(10-2)36-14-12-11-13-33(36)39-35-26-38(46-8)37(45-7)25-34(35)27(3)32(40(39)42)23-24-41(4,28-15-19-30(43-5)20-16-28)29-17-21-31(44-6)22-18-29/h11-26H,9-10H2,1-8H3/b24-23-. The Balaban J connectivity index is 1.68. The molecule has 236 valence electrons. The van der Waals surface area contributed by atoms with Crippen LogP contribution in [0.25, 0.3) is 28.0 Å². The Labute approximate surface area is 283 Å². The van der Waals surface area contributed by atoms with Crippen LogP contribution in [-0.2, 0) is 10.8 Å². The Morgan fingerprint density at radius 1 is 0.739 bits per heavy atom. The third-order valence-electron chi connectivity index (χ3n) is 10.5. The van der Waals surface area contributed by atoms with Gasteiger partial charge >= 0.3 is 0 Å². The van der Waals surface area contributed by atoms with Crippen molar-refractivity contribution in [1.29, 1.82) is 0 Å². The molecule has 0 fully saturated rings. The van der Waals surface area contributed by atoms with E-state index in [2.05, 4.69) is 137 Å². The fourth-order valence-electron chi connectivity index (χ4n) is 7.70. The van der Waals surface area contributed by atoms with Crippen LogP contribution in [0.2, 0.25) is 0 Å². The molecule has 0 aliphatic heterocycles. The van der Waals surface area contributed by atoms with Crippen molar-refractivity contribution >= 4 is 40.4 Å². The van der Waals surface area contributed by atoms with Crippen molar-refractivity contribution < 1.29 is 9.47 Å². The summed E-state index contributed by atoms with van der Waals surface area (Å²) < 4.78 is 11.1. The van der Waals surface area contributed by atoms with Gasteiger partial charge in [-0.2, -0.15) is 0 Å². The van der Waals surface area contributed by atoms with E-state index < -0.39 is 5.41 Å². The van der Waals surface area contributed by atoms with E-state index in [1.165, 1.54) is 65.1 Å². The second kappa shape index (κ2) is 12.9. The molecular formula is C42H44O2S2. The summed E-state index contributed by atoms with van der Waals surface area (Å²) >= 11 is 3.68. The highest BCUT2D eigenvalue weighted by Crippen LogP contribution is 2.58. The van der Waals surface area contributed by atoms with Crippen LogP contribution < -0.4 is 9.47 Å². The van der Waals surface area contributed by atoms with E-state index in [0.717, 1.165) is 24.3 Å². The summed E-state index contributed by atoms with van der Waals surface area (Å²) in [5.74, 6) is 1.71. The lowest BCUT2D eigenvalue weighted by atomic mass is 9.70. The van der Waals surface area contributed by atoms with Gasteiger partial charge in [-0.1, -0.05) is 74.5 Å². The van der Waals surface area contributed by atoms with Crippen molar-refractivity contribution in [3.63, 3.8) is 0 Å². The predicted molar refractivity (Wildman–Crippen MR) is 201 cm³/mol. The normalized spacial score (nSPS) is 13.7. The summed E-state index contributed by atoms with van der Waals surface area (Å²) in [6, 6.07) is 31.1. The van der Waals surface area contributed by atoms with Gasteiger partial charge in [0.05, 0.1) is 14.2 Å². The van der Waals surface area contributed by atoms with Crippen LogP contribution in [0.15, 0.2) is 101 Å². The maximum Gasteiger partial charge on any atom is 0.118 e.